The predicted octanol–water partition coefficient (Wildman–Crippen LogP) is 2.71. The molecule has 0 aromatic carbocycles. The summed E-state index contributed by atoms with van der Waals surface area (Å²) in [6, 6.07) is 0.158. The Bertz CT molecular complexity index is 683. The minimum Gasteiger partial charge on any atom is -0.397 e. The number of nitrogens with zero attached hydrogens (tertiary/aromatic N) is 3. The minimum atomic E-state index is -0.0471. The summed E-state index contributed by atoms with van der Waals surface area (Å²) in [5.41, 5.74) is 8.57. The average molecular weight is 324 g/mol. The fraction of sp³-hybridized carbons (Fsp3) is 0.500. The topological polar surface area (TPSA) is 72.1 Å². The van der Waals surface area contributed by atoms with E-state index in [0.717, 1.165) is 27.2 Å². The highest BCUT2D eigenvalue weighted by atomic mass is 32.2. The molecule has 0 radical (unpaired) electrons. The second-order valence-corrected chi connectivity index (χ2v) is 7.07. The summed E-state index contributed by atoms with van der Waals surface area (Å²) in [6.45, 7) is 5.89. The fourth-order valence-electron chi connectivity index (χ4n) is 2.11. The lowest BCUT2D eigenvalue weighted by atomic mass is 10.1. The Morgan fingerprint density at radius 3 is 2.71 bits per heavy atom. The SMILES string of the molecule is CSCC(C)N(C)C(=O)c1sc2nnc(C)c(C)c2c1N. The summed E-state index contributed by atoms with van der Waals surface area (Å²) < 4.78 is 0. The Balaban J connectivity index is 2.45. The second-order valence-electron chi connectivity index (χ2n) is 5.16. The molecule has 0 fully saturated rings. The maximum Gasteiger partial charge on any atom is 0.266 e. The van der Waals surface area contributed by atoms with Crippen molar-refractivity contribution in [1.82, 2.24) is 15.1 Å². The summed E-state index contributed by atoms with van der Waals surface area (Å²) in [5, 5.41) is 9.13. The third kappa shape index (κ3) is 2.85. The lowest BCUT2D eigenvalue weighted by Gasteiger charge is -2.23. The molecule has 2 N–H and O–H groups in total. The molecule has 21 heavy (non-hydrogen) atoms. The van der Waals surface area contributed by atoms with Crippen LogP contribution >= 0.6 is 23.1 Å². The largest absolute Gasteiger partial charge is 0.397 e. The molecular formula is C14H20N4OS2. The van der Waals surface area contributed by atoms with E-state index in [1.54, 1.807) is 16.7 Å². The van der Waals surface area contributed by atoms with Gasteiger partial charge in [-0.3, -0.25) is 4.79 Å². The highest BCUT2D eigenvalue weighted by Gasteiger charge is 2.24. The first-order chi connectivity index (χ1) is 9.88. The number of aromatic nitrogens is 2. The number of hydrogen-bond donors (Lipinski definition) is 1. The Labute approximate surface area is 132 Å². The van der Waals surface area contributed by atoms with Gasteiger partial charge in [-0.2, -0.15) is 16.9 Å². The summed E-state index contributed by atoms with van der Waals surface area (Å²) in [7, 11) is 1.82. The van der Waals surface area contributed by atoms with Crippen LogP contribution in [-0.2, 0) is 0 Å². The van der Waals surface area contributed by atoms with Crippen molar-refractivity contribution >= 4 is 44.9 Å². The molecule has 1 amide bonds. The van der Waals surface area contributed by atoms with Crippen molar-refractivity contribution in [2.45, 2.75) is 26.8 Å². The molecule has 0 saturated carbocycles. The second kappa shape index (κ2) is 6.19. The van der Waals surface area contributed by atoms with E-state index in [0.29, 0.717) is 10.6 Å². The number of nitrogen functional groups attached to an aromatic ring is 1. The van der Waals surface area contributed by atoms with Gasteiger partial charge in [-0.1, -0.05) is 0 Å². The highest BCUT2D eigenvalue weighted by Crippen LogP contribution is 2.35. The van der Waals surface area contributed by atoms with Crippen LogP contribution in [0.25, 0.3) is 10.2 Å². The quantitative estimate of drug-likeness (QED) is 0.936. The number of nitrogens with two attached hydrogens (primary N) is 1. The third-order valence-corrected chi connectivity index (χ3v) is 5.61. The van der Waals surface area contributed by atoms with Gasteiger partial charge in [0.25, 0.3) is 5.91 Å². The average Bonchev–Trinajstić information content (AvgIpc) is 2.79. The molecule has 2 heterocycles. The van der Waals surface area contributed by atoms with Crippen molar-refractivity contribution in [2.24, 2.45) is 0 Å². The molecule has 0 spiro atoms. The molecule has 1 unspecified atom stereocenters. The van der Waals surface area contributed by atoms with Gasteiger partial charge in [-0.25, -0.2) is 0 Å². The summed E-state index contributed by atoms with van der Waals surface area (Å²) in [4.78, 5) is 15.7. The molecule has 7 heteroatoms. The maximum atomic E-state index is 12.6. The van der Waals surface area contributed by atoms with Crippen molar-refractivity contribution in [2.75, 3.05) is 24.8 Å². The van der Waals surface area contributed by atoms with Crippen LogP contribution < -0.4 is 5.73 Å². The van der Waals surface area contributed by atoms with Gasteiger partial charge in [0.15, 0.2) is 0 Å². The fourth-order valence-corrected chi connectivity index (χ4v) is 3.90. The molecule has 1 atom stereocenters. The van der Waals surface area contributed by atoms with Gasteiger partial charge < -0.3 is 10.6 Å². The van der Waals surface area contributed by atoms with Crippen LogP contribution in [0.4, 0.5) is 5.69 Å². The molecule has 0 bridgehead atoms. The zero-order valence-electron chi connectivity index (χ0n) is 12.9. The molecule has 0 aliphatic rings. The van der Waals surface area contributed by atoms with E-state index in [1.807, 2.05) is 34.1 Å². The number of anilines is 1. The minimum absolute atomic E-state index is 0.0471. The van der Waals surface area contributed by atoms with Crippen molar-refractivity contribution < 1.29 is 4.79 Å². The summed E-state index contributed by atoms with van der Waals surface area (Å²) in [6.07, 6.45) is 2.03. The summed E-state index contributed by atoms with van der Waals surface area (Å²) in [5.74, 6) is 0.847. The standard InChI is InChI=1S/C14H20N4OS2/c1-7(6-20-5)18(4)14(19)12-11(15)10-8(2)9(3)16-17-13(10)21-12/h7H,6,15H2,1-5H3. The monoisotopic (exact) mass is 324 g/mol. The number of carbonyl (C=O) groups excluding carboxylic acids is 1. The van der Waals surface area contributed by atoms with Crippen LogP contribution in [0.15, 0.2) is 0 Å². The smallest absolute Gasteiger partial charge is 0.266 e. The van der Waals surface area contributed by atoms with Crippen LogP contribution in [0, 0.1) is 13.8 Å². The van der Waals surface area contributed by atoms with E-state index in [1.165, 1.54) is 11.3 Å². The maximum absolute atomic E-state index is 12.6. The molecule has 2 rings (SSSR count). The molecule has 114 valence electrons. The Morgan fingerprint density at radius 2 is 2.10 bits per heavy atom. The molecule has 0 aliphatic carbocycles. The number of thioether (sulfide) groups is 1. The number of thiophene rings is 1. The first-order valence-corrected chi connectivity index (χ1v) is 8.87. The van der Waals surface area contributed by atoms with Gasteiger partial charge in [0.05, 0.1) is 11.4 Å². The van der Waals surface area contributed by atoms with Crippen LogP contribution in [0.3, 0.4) is 0 Å². The molecular weight excluding hydrogens is 304 g/mol. The van der Waals surface area contributed by atoms with Crippen molar-refractivity contribution in [1.29, 1.82) is 0 Å². The summed E-state index contributed by atoms with van der Waals surface area (Å²) >= 11 is 3.04. The van der Waals surface area contributed by atoms with E-state index >= 15 is 0 Å². The first kappa shape index (κ1) is 16.0. The van der Waals surface area contributed by atoms with E-state index in [4.69, 9.17) is 5.73 Å². The normalized spacial score (nSPS) is 12.6. The molecule has 2 aromatic heterocycles. The van der Waals surface area contributed by atoms with Gasteiger partial charge >= 0.3 is 0 Å². The van der Waals surface area contributed by atoms with Crippen molar-refractivity contribution in [3.63, 3.8) is 0 Å². The number of carbonyl (C=O) groups is 1. The van der Waals surface area contributed by atoms with Gasteiger partial charge in [-0.15, -0.1) is 16.4 Å². The van der Waals surface area contributed by atoms with Crippen molar-refractivity contribution in [3.8, 4) is 0 Å². The van der Waals surface area contributed by atoms with Crippen LogP contribution in [0.5, 0.6) is 0 Å². The molecule has 2 aromatic rings. The van der Waals surface area contributed by atoms with E-state index in [9.17, 15) is 4.79 Å². The zero-order valence-corrected chi connectivity index (χ0v) is 14.6. The molecule has 5 nitrogen and oxygen atoms in total. The van der Waals surface area contributed by atoms with E-state index in [-0.39, 0.29) is 11.9 Å². The predicted molar refractivity (Wildman–Crippen MR) is 91.2 cm³/mol. The molecule has 0 saturated heterocycles. The first-order valence-electron chi connectivity index (χ1n) is 6.66. The third-order valence-electron chi connectivity index (χ3n) is 3.72. The number of fused-ring (bicyclic) bond motifs is 1. The number of amides is 1. The van der Waals surface area contributed by atoms with Crippen LogP contribution in [0.2, 0.25) is 0 Å². The Morgan fingerprint density at radius 1 is 1.43 bits per heavy atom. The number of rotatable bonds is 4. The van der Waals surface area contributed by atoms with Gasteiger partial charge in [0.2, 0.25) is 0 Å². The van der Waals surface area contributed by atoms with Gasteiger partial charge in [0.1, 0.15) is 9.71 Å². The lowest BCUT2D eigenvalue weighted by molar-refractivity contribution is 0.0763. The highest BCUT2D eigenvalue weighted by molar-refractivity contribution is 7.98. The van der Waals surface area contributed by atoms with E-state index in [2.05, 4.69) is 10.2 Å². The van der Waals surface area contributed by atoms with E-state index < -0.39 is 0 Å². The van der Waals surface area contributed by atoms with Gasteiger partial charge in [0, 0.05) is 24.2 Å². The molecule has 0 aliphatic heterocycles. The number of aryl methyl sites for hydroxylation is 2. The lowest BCUT2D eigenvalue weighted by Crippen LogP contribution is -2.36. The Kier molecular flexibility index (Phi) is 4.73. The number of hydrogen-bond acceptors (Lipinski definition) is 6. The van der Waals surface area contributed by atoms with Crippen LogP contribution in [-0.4, -0.2) is 46.1 Å². The Hall–Kier alpha value is -1.34. The zero-order chi connectivity index (χ0) is 15.7. The van der Waals surface area contributed by atoms with Crippen molar-refractivity contribution in [3.05, 3.63) is 16.1 Å². The van der Waals surface area contributed by atoms with Gasteiger partial charge in [-0.05, 0) is 32.6 Å². The van der Waals surface area contributed by atoms with Crippen LogP contribution in [0.1, 0.15) is 27.9 Å².